The first-order chi connectivity index (χ1) is 5.24. The van der Waals surface area contributed by atoms with E-state index in [1.54, 1.807) is 0 Å². The molecule has 0 spiro atoms. The van der Waals surface area contributed by atoms with Gasteiger partial charge >= 0.3 is 6.03 Å². The van der Waals surface area contributed by atoms with E-state index in [0.717, 1.165) is 0 Å². The molecule has 0 aromatic rings. The lowest BCUT2D eigenvalue weighted by molar-refractivity contribution is 0.0728. The Hall–Kier alpha value is -0.810. The number of aliphatic hydroxyl groups excluding tert-OH is 2. The molecule has 1 atom stereocenters. The molecule has 1 fully saturated rings. The van der Waals surface area contributed by atoms with E-state index in [1.807, 2.05) is 0 Å². The highest BCUT2D eigenvalue weighted by molar-refractivity contribution is 5.76. The van der Waals surface area contributed by atoms with E-state index >= 15 is 0 Å². The smallest absolute Gasteiger partial charge is 0.317 e. The van der Waals surface area contributed by atoms with Crippen molar-refractivity contribution in [1.82, 2.24) is 10.2 Å². The number of amides is 2. The summed E-state index contributed by atoms with van der Waals surface area (Å²) in [7, 11) is 0. The van der Waals surface area contributed by atoms with Crippen LogP contribution < -0.4 is 5.32 Å². The monoisotopic (exact) mass is 160 g/mol. The molecule has 3 N–H and O–H groups in total. The molecule has 0 bridgehead atoms. The Morgan fingerprint density at radius 1 is 1.73 bits per heavy atom. The summed E-state index contributed by atoms with van der Waals surface area (Å²) < 4.78 is 0. The molecular formula is C6H12N2O3. The first-order valence-corrected chi connectivity index (χ1v) is 3.55. The Morgan fingerprint density at radius 2 is 2.45 bits per heavy atom. The van der Waals surface area contributed by atoms with Crippen molar-refractivity contribution in [3.05, 3.63) is 0 Å². The average Bonchev–Trinajstić information content (AvgIpc) is 2.37. The second-order valence-corrected chi connectivity index (χ2v) is 2.51. The van der Waals surface area contributed by atoms with Crippen molar-refractivity contribution in [3.8, 4) is 0 Å². The van der Waals surface area contributed by atoms with Gasteiger partial charge in [-0.05, 0) is 0 Å². The summed E-state index contributed by atoms with van der Waals surface area (Å²) in [6.07, 6.45) is -0.821. The zero-order valence-electron chi connectivity index (χ0n) is 6.16. The normalized spacial score (nSPS) is 20.2. The van der Waals surface area contributed by atoms with Gasteiger partial charge in [0.2, 0.25) is 0 Å². The number of aliphatic hydroxyl groups is 2. The molecule has 0 aromatic heterocycles. The zero-order valence-corrected chi connectivity index (χ0v) is 6.16. The van der Waals surface area contributed by atoms with Crippen LogP contribution >= 0.6 is 0 Å². The molecule has 1 rings (SSSR count). The molecule has 0 saturated carbocycles. The number of carbonyl (C=O) groups is 1. The largest absolute Gasteiger partial charge is 0.394 e. The van der Waals surface area contributed by atoms with Gasteiger partial charge in [0, 0.05) is 13.1 Å². The number of urea groups is 1. The topological polar surface area (TPSA) is 72.8 Å². The van der Waals surface area contributed by atoms with E-state index in [-0.39, 0.29) is 19.2 Å². The standard InChI is InChI=1S/C6H12N2O3/c9-4-5(10)3-8-2-1-7-6(8)11/h5,9-10H,1-4H2,(H,7,11). The number of nitrogens with zero attached hydrogens (tertiary/aromatic N) is 1. The molecule has 11 heavy (non-hydrogen) atoms. The van der Waals surface area contributed by atoms with Crippen LogP contribution in [0.2, 0.25) is 0 Å². The van der Waals surface area contributed by atoms with Crippen LogP contribution in [0.25, 0.3) is 0 Å². The zero-order chi connectivity index (χ0) is 8.27. The van der Waals surface area contributed by atoms with Crippen LogP contribution in [0.3, 0.4) is 0 Å². The number of carbonyl (C=O) groups excluding carboxylic acids is 1. The molecule has 0 aliphatic carbocycles. The summed E-state index contributed by atoms with van der Waals surface area (Å²) >= 11 is 0. The van der Waals surface area contributed by atoms with Crippen molar-refractivity contribution in [2.45, 2.75) is 6.10 Å². The summed E-state index contributed by atoms with van der Waals surface area (Å²) in [5.74, 6) is 0. The van der Waals surface area contributed by atoms with E-state index in [9.17, 15) is 4.79 Å². The van der Waals surface area contributed by atoms with Crippen LogP contribution in [0.1, 0.15) is 0 Å². The van der Waals surface area contributed by atoms with Gasteiger partial charge in [-0.25, -0.2) is 4.79 Å². The molecule has 1 saturated heterocycles. The molecule has 64 valence electrons. The predicted molar refractivity (Wildman–Crippen MR) is 38.1 cm³/mol. The van der Waals surface area contributed by atoms with Gasteiger partial charge in [0.25, 0.3) is 0 Å². The van der Waals surface area contributed by atoms with Crippen LogP contribution in [-0.2, 0) is 0 Å². The lowest BCUT2D eigenvalue weighted by Gasteiger charge is -2.16. The summed E-state index contributed by atoms with van der Waals surface area (Å²) in [6, 6.07) is -0.169. The third-order valence-corrected chi connectivity index (χ3v) is 1.59. The Balaban J connectivity index is 2.30. The third kappa shape index (κ3) is 2.06. The lowest BCUT2D eigenvalue weighted by Crippen LogP contribution is -2.36. The van der Waals surface area contributed by atoms with E-state index in [1.165, 1.54) is 4.90 Å². The number of hydrogen-bond donors (Lipinski definition) is 3. The van der Waals surface area contributed by atoms with Crippen LogP contribution in [0, 0.1) is 0 Å². The molecule has 5 nitrogen and oxygen atoms in total. The molecule has 1 aliphatic heterocycles. The minimum atomic E-state index is -0.821. The maximum absolute atomic E-state index is 10.8. The van der Waals surface area contributed by atoms with E-state index in [0.29, 0.717) is 13.1 Å². The van der Waals surface area contributed by atoms with Crippen molar-refractivity contribution in [2.75, 3.05) is 26.2 Å². The van der Waals surface area contributed by atoms with Crippen LogP contribution in [0.4, 0.5) is 4.79 Å². The highest BCUT2D eigenvalue weighted by Crippen LogP contribution is 1.97. The Labute approximate surface area is 64.6 Å². The number of rotatable bonds is 3. The highest BCUT2D eigenvalue weighted by atomic mass is 16.3. The number of nitrogens with one attached hydrogen (secondary N) is 1. The van der Waals surface area contributed by atoms with Gasteiger partial charge in [-0.1, -0.05) is 0 Å². The maximum Gasteiger partial charge on any atom is 0.317 e. The van der Waals surface area contributed by atoms with Gasteiger partial charge in [-0.3, -0.25) is 0 Å². The van der Waals surface area contributed by atoms with Crippen molar-refractivity contribution in [3.63, 3.8) is 0 Å². The molecular weight excluding hydrogens is 148 g/mol. The molecule has 5 heteroatoms. The van der Waals surface area contributed by atoms with Crippen molar-refractivity contribution in [2.24, 2.45) is 0 Å². The van der Waals surface area contributed by atoms with E-state index < -0.39 is 6.10 Å². The van der Waals surface area contributed by atoms with Crippen molar-refractivity contribution >= 4 is 6.03 Å². The van der Waals surface area contributed by atoms with Crippen LogP contribution in [0.15, 0.2) is 0 Å². The fraction of sp³-hybridized carbons (Fsp3) is 0.833. The highest BCUT2D eigenvalue weighted by Gasteiger charge is 2.21. The van der Waals surface area contributed by atoms with Gasteiger partial charge in [0.05, 0.1) is 19.3 Å². The molecule has 1 heterocycles. The Morgan fingerprint density at radius 3 is 2.91 bits per heavy atom. The van der Waals surface area contributed by atoms with Gasteiger partial charge in [0.1, 0.15) is 0 Å². The van der Waals surface area contributed by atoms with Gasteiger partial charge < -0.3 is 20.4 Å². The SMILES string of the molecule is O=C1NCCN1CC(O)CO. The molecule has 2 amide bonds. The average molecular weight is 160 g/mol. The maximum atomic E-state index is 10.8. The lowest BCUT2D eigenvalue weighted by atomic mass is 10.3. The Bertz CT molecular complexity index is 151. The number of hydrogen-bond acceptors (Lipinski definition) is 3. The summed E-state index contributed by atoms with van der Waals surface area (Å²) in [5.41, 5.74) is 0. The quantitative estimate of drug-likeness (QED) is 0.464. The summed E-state index contributed by atoms with van der Waals surface area (Å²) in [6.45, 7) is 1.14. The first-order valence-electron chi connectivity index (χ1n) is 3.55. The third-order valence-electron chi connectivity index (χ3n) is 1.59. The van der Waals surface area contributed by atoms with Gasteiger partial charge in [-0.2, -0.15) is 0 Å². The fourth-order valence-corrected chi connectivity index (χ4v) is 0.997. The Kier molecular flexibility index (Phi) is 2.67. The molecule has 1 aliphatic rings. The van der Waals surface area contributed by atoms with Crippen LogP contribution in [0.5, 0.6) is 0 Å². The second-order valence-electron chi connectivity index (χ2n) is 2.51. The summed E-state index contributed by atoms with van der Waals surface area (Å²) in [4.78, 5) is 12.3. The molecule has 1 unspecified atom stereocenters. The molecule has 0 radical (unpaired) electrons. The van der Waals surface area contributed by atoms with E-state index in [2.05, 4.69) is 5.32 Å². The van der Waals surface area contributed by atoms with Gasteiger partial charge in [0.15, 0.2) is 0 Å². The minimum absolute atomic E-state index is 0.169. The molecule has 0 aromatic carbocycles. The van der Waals surface area contributed by atoms with Crippen molar-refractivity contribution in [1.29, 1.82) is 0 Å². The minimum Gasteiger partial charge on any atom is -0.394 e. The van der Waals surface area contributed by atoms with Crippen LogP contribution in [-0.4, -0.2) is 53.5 Å². The summed E-state index contributed by atoms with van der Waals surface area (Å²) in [5, 5.41) is 20.0. The first kappa shape index (κ1) is 8.29. The van der Waals surface area contributed by atoms with Gasteiger partial charge in [-0.15, -0.1) is 0 Å². The predicted octanol–water partition coefficient (Wildman–Crippen LogP) is -1.64. The van der Waals surface area contributed by atoms with Crippen molar-refractivity contribution < 1.29 is 15.0 Å². The fourth-order valence-electron chi connectivity index (χ4n) is 0.997. The van der Waals surface area contributed by atoms with E-state index in [4.69, 9.17) is 10.2 Å². The second kappa shape index (κ2) is 3.54. The number of β-amino-alcohol motifs (C(OH)–C–C–N with tert-alkyl or cyclic N) is 1.